The van der Waals surface area contributed by atoms with E-state index < -0.39 is 11.9 Å². The molecule has 1 atom stereocenters. The smallest absolute Gasteiger partial charge is 0.348 e. The van der Waals surface area contributed by atoms with Gasteiger partial charge < -0.3 is 14.8 Å². The first-order valence-corrected chi connectivity index (χ1v) is 9.83. The Balaban J connectivity index is 2.19. The van der Waals surface area contributed by atoms with E-state index in [0.29, 0.717) is 5.56 Å². The maximum absolute atomic E-state index is 12.5. The fourth-order valence-electron chi connectivity index (χ4n) is 2.51. The molecular weight excluding hydrogens is 388 g/mol. The zero-order chi connectivity index (χ0) is 20.1. The van der Waals surface area contributed by atoms with Crippen molar-refractivity contribution in [2.24, 2.45) is 0 Å². The second kappa shape index (κ2) is 9.12. The van der Waals surface area contributed by atoms with Gasteiger partial charge in [-0.15, -0.1) is 22.7 Å². The molecule has 0 aromatic carbocycles. The summed E-state index contributed by atoms with van der Waals surface area (Å²) in [7, 11) is 4.36. The fraction of sp³-hybridized carbons (Fsp3) is 0.389. The average molecular weight is 411 g/mol. The summed E-state index contributed by atoms with van der Waals surface area (Å²) < 4.78 is 9.53. The van der Waals surface area contributed by atoms with Crippen LogP contribution in [0.4, 0.5) is 5.00 Å². The Morgan fingerprint density at radius 3 is 2.44 bits per heavy atom. The van der Waals surface area contributed by atoms with E-state index in [1.807, 2.05) is 36.4 Å². The molecule has 0 fully saturated rings. The van der Waals surface area contributed by atoms with Gasteiger partial charge in [0.15, 0.2) is 0 Å². The molecule has 2 rings (SSSR count). The van der Waals surface area contributed by atoms with Crippen LogP contribution in [-0.4, -0.2) is 50.6 Å². The number of likely N-dealkylation sites (N-methyl/N-ethyl adjacent to an activating group) is 1. The van der Waals surface area contributed by atoms with Gasteiger partial charge in [0.1, 0.15) is 9.88 Å². The standard InChI is InChI=1S/C18H22N2O5S2/c1-10-14(17(22)24-4)16(27-15(10)18(23)25-5)19-13(21)9-20(3)11(2)12-7-6-8-26-12/h6-8,11H,9H2,1-5H3,(H,19,21). The highest BCUT2D eigenvalue weighted by Gasteiger charge is 2.27. The maximum atomic E-state index is 12.5. The molecule has 2 heterocycles. The van der Waals surface area contributed by atoms with Crippen molar-refractivity contribution < 1.29 is 23.9 Å². The Labute approximate surface area is 165 Å². The van der Waals surface area contributed by atoms with E-state index in [9.17, 15) is 14.4 Å². The molecule has 7 nitrogen and oxygen atoms in total. The van der Waals surface area contributed by atoms with Crippen LogP contribution in [0.25, 0.3) is 0 Å². The Morgan fingerprint density at radius 1 is 1.22 bits per heavy atom. The number of methoxy groups -OCH3 is 2. The number of nitrogens with one attached hydrogen (secondary N) is 1. The van der Waals surface area contributed by atoms with Crippen LogP contribution < -0.4 is 5.32 Å². The Hall–Kier alpha value is -2.23. The second-order valence-electron chi connectivity index (χ2n) is 5.90. The molecule has 1 unspecified atom stereocenters. The molecule has 146 valence electrons. The van der Waals surface area contributed by atoms with Crippen LogP contribution in [0.2, 0.25) is 0 Å². The number of hydrogen-bond acceptors (Lipinski definition) is 8. The number of amides is 1. The Kier molecular flexibility index (Phi) is 7.11. The van der Waals surface area contributed by atoms with Crippen LogP contribution in [-0.2, 0) is 14.3 Å². The number of esters is 2. The third kappa shape index (κ3) is 4.74. The van der Waals surface area contributed by atoms with Gasteiger partial charge in [-0.05, 0) is 37.9 Å². The topological polar surface area (TPSA) is 84.9 Å². The third-order valence-electron chi connectivity index (χ3n) is 4.17. The van der Waals surface area contributed by atoms with Crippen LogP contribution in [0, 0.1) is 6.92 Å². The molecule has 0 aliphatic rings. The summed E-state index contributed by atoms with van der Waals surface area (Å²) in [4.78, 5) is 39.9. The molecule has 0 saturated heterocycles. The maximum Gasteiger partial charge on any atom is 0.348 e. The number of hydrogen-bond donors (Lipinski definition) is 1. The highest BCUT2D eigenvalue weighted by molar-refractivity contribution is 7.18. The second-order valence-corrected chi connectivity index (χ2v) is 7.90. The minimum atomic E-state index is -0.616. The third-order valence-corrected chi connectivity index (χ3v) is 6.40. The number of thiophene rings is 2. The summed E-state index contributed by atoms with van der Waals surface area (Å²) in [6.07, 6.45) is 0. The predicted octanol–water partition coefficient (Wildman–Crippen LogP) is 3.32. The van der Waals surface area contributed by atoms with Gasteiger partial charge in [0, 0.05) is 10.9 Å². The van der Waals surface area contributed by atoms with Crippen molar-refractivity contribution in [2.75, 3.05) is 33.1 Å². The fourth-order valence-corrected chi connectivity index (χ4v) is 4.49. The van der Waals surface area contributed by atoms with Crippen molar-refractivity contribution in [2.45, 2.75) is 19.9 Å². The molecule has 1 amide bonds. The van der Waals surface area contributed by atoms with Crippen LogP contribution >= 0.6 is 22.7 Å². The number of rotatable bonds is 7. The van der Waals surface area contributed by atoms with Gasteiger partial charge in [-0.2, -0.15) is 0 Å². The van der Waals surface area contributed by atoms with Gasteiger partial charge in [-0.25, -0.2) is 9.59 Å². The van der Waals surface area contributed by atoms with Crippen molar-refractivity contribution in [1.29, 1.82) is 0 Å². The van der Waals surface area contributed by atoms with E-state index in [1.54, 1.807) is 18.3 Å². The number of ether oxygens (including phenoxy) is 2. The SMILES string of the molecule is COC(=O)c1sc(NC(=O)CN(C)C(C)c2cccs2)c(C(=O)OC)c1C. The van der Waals surface area contributed by atoms with Crippen LogP contribution in [0.15, 0.2) is 17.5 Å². The van der Waals surface area contributed by atoms with E-state index >= 15 is 0 Å². The van der Waals surface area contributed by atoms with Crippen molar-refractivity contribution in [3.05, 3.63) is 38.4 Å². The summed E-state index contributed by atoms with van der Waals surface area (Å²) >= 11 is 2.63. The molecule has 2 aromatic heterocycles. The highest BCUT2D eigenvalue weighted by Crippen LogP contribution is 2.34. The molecule has 27 heavy (non-hydrogen) atoms. The number of carbonyl (C=O) groups is 3. The molecule has 0 aliphatic heterocycles. The van der Waals surface area contributed by atoms with E-state index in [-0.39, 0.29) is 33.9 Å². The molecule has 2 aromatic rings. The molecule has 9 heteroatoms. The molecule has 0 aliphatic carbocycles. The van der Waals surface area contributed by atoms with E-state index in [1.165, 1.54) is 14.2 Å². The zero-order valence-electron chi connectivity index (χ0n) is 15.8. The van der Waals surface area contributed by atoms with Gasteiger partial charge in [-0.3, -0.25) is 9.69 Å². The van der Waals surface area contributed by atoms with Crippen molar-refractivity contribution in [1.82, 2.24) is 4.90 Å². The minimum Gasteiger partial charge on any atom is -0.465 e. The predicted molar refractivity (Wildman–Crippen MR) is 106 cm³/mol. The normalized spacial score (nSPS) is 11.9. The average Bonchev–Trinajstić information content (AvgIpc) is 3.28. The molecular formula is C18H22N2O5S2. The molecule has 0 spiro atoms. The molecule has 0 saturated carbocycles. The van der Waals surface area contributed by atoms with E-state index in [4.69, 9.17) is 9.47 Å². The van der Waals surface area contributed by atoms with Gasteiger partial charge in [0.05, 0.1) is 26.3 Å². The summed E-state index contributed by atoms with van der Waals surface area (Å²) in [6, 6.07) is 4.06. The Bertz CT molecular complexity index is 829. The zero-order valence-corrected chi connectivity index (χ0v) is 17.5. The van der Waals surface area contributed by atoms with Crippen molar-refractivity contribution in [3.63, 3.8) is 0 Å². The number of carbonyl (C=O) groups excluding carboxylic acids is 3. The van der Waals surface area contributed by atoms with Crippen LogP contribution in [0.5, 0.6) is 0 Å². The summed E-state index contributed by atoms with van der Waals surface area (Å²) in [6.45, 7) is 3.77. The van der Waals surface area contributed by atoms with Gasteiger partial charge in [0.2, 0.25) is 5.91 Å². The van der Waals surface area contributed by atoms with Gasteiger partial charge in [-0.1, -0.05) is 6.07 Å². The summed E-state index contributed by atoms with van der Waals surface area (Å²) in [5.74, 6) is -1.47. The largest absolute Gasteiger partial charge is 0.465 e. The van der Waals surface area contributed by atoms with Gasteiger partial charge in [0.25, 0.3) is 0 Å². The molecule has 0 radical (unpaired) electrons. The minimum absolute atomic E-state index is 0.0755. The van der Waals surface area contributed by atoms with Crippen LogP contribution in [0.3, 0.4) is 0 Å². The molecule has 0 bridgehead atoms. The van der Waals surface area contributed by atoms with Crippen molar-refractivity contribution in [3.8, 4) is 0 Å². The number of nitrogens with zero attached hydrogens (tertiary/aromatic N) is 1. The van der Waals surface area contributed by atoms with Gasteiger partial charge >= 0.3 is 11.9 Å². The number of anilines is 1. The quantitative estimate of drug-likeness (QED) is 0.705. The molecule has 1 N–H and O–H groups in total. The van der Waals surface area contributed by atoms with E-state index in [0.717, 1.165) is 16.2 Å². The lowest BCUT2D eigenvalue weighted by Crippen LogP contribution is -2.32. The lowest BCUT2D eigenvalue weighted by Gasteiger charge is -2.23. The first-order valence-electron chi connectivity index (χ1n) is 8.13. The monoisotopic (exact) mass is 410 g/mol. The van der Waals surface area contributed by atoms with E-state index in [2.05, 4.69) is 5.32 Å². The Morgan fingerprint density at radius 2 is 1.89 bits per heavy atom. The first-order chi connectivity index (χ1) is 12.8. The highest BCUT2D eigenvalue weighted by atomic mass is 32.1. The first kappa shape index (κ1) is 21.1. The van der Waals surface area contributed by atoms with Crippen molar-refractivity contribution >= 4 is 45.5 Å². The lowest BCUT2D eigenvalue weighted by atomic mass is 10.1. The van der Waals surface area contributed by atoms with Crippen LogP contribution in [0.1, 0.15) is 43.4 Å². The summed E-state index contributed by atoms with van der Waals surface area (Å²) in [5.41, 5.74) is 0.597. The summed E-state index contributed by atoms with van der Waals surface area (Å²) in [5, 5.41) is 5.00. The lowest BCUT2D eigenvalue weighted by molar-refractivity contribution is -0.117.